The van der Waals surface area contributed by atoms with Crippen molar-refractivity contribution < 1.29 is 14.6 Å². The van der Waals surface area contributed by atoms with Crippen LogP contribution in [0.1, 0.15) is 29.3 Å². The van der Waals surface area contributed by atoms with Gasteiger partial charge in [0.05, 0.1) is 24.6 Å². The number of rotatable bonds is 4. The Balaban J connectivity index is 2.39. The van der Waals surface area contributed by atoms with Gasteiger partial charge in [0.2, 0.25) is 0 Å². The number of ether oxygens (including phenoxy) is 1. The predicted octanol–water partition coefficient (Wildman–Crippen LogP) is 0.0663. The number of nitrogens with two attached hydrogens (primary N) is 1. The summed E-state index contributed by atoms with van der Waals surface area (Å²) in [6, 6.07) is 0. The van der Waals surface area contributed by atoms with Crippen molar-refractivity contribution in [3.63, 3.8) is 0 Å². The molecule has 1 aliphatic heterocycles. The number of hydrogen-bond donors (Lipinski definition) is 2. The lowest BCUT2D eigenvalue weighted by atomic mass is 9.95. The van der Waals surface area contributed by atoms with E-state index in [0.29, 0.717) is 38.3 Å². The largest absolute Gasteiger partial charge is 0.481 e. The number of carboxylic acid groups (broad SMARTS) is 1. The molecular formula is C11H15N3O3. The molecule has 0 radical (unpaired) electrons. The van der Waals surface area contributed by atoms with Crippen LogP contribution in [-0.4, -0.2) is 34.2 Å². The van der Waals surface area contributed by atoms with Gasteiger partial charge in [-0.05, 0) is 13.0 Å². The van der Waals surface area contributed by atoms with Crippen molar-refractivity contribution in [2.75, 3.05) is 13.2 Å². The van der Waals surface area contributed by atoms with Crippen molar-refractivity contribution in [2.24, 2.45) is 5.73 Å². The molecule has 2 rings (SSSR count). The minimum absolute atomic E-state index is 0.316. The van der Waals surface area contributed by atoms with Crippen LogP contribution in [0.25, 0.3) is 0 Å². The van der Waals surface area contributed by atoms with Crippen LogP contribution in [0, 0.1) is 0 Å². The van der Waals surface area contributed by atoms with Gasteiger partial charge in [-0.1, -0.05) is 0 Å². The monoisotopic (exact) mass is 237 g/mol. The first-order valence-corrected chi connectivity index (χ1v) is 5.57. The third kappa shape index (κ3) is 2.42. The number of nitrogens with zero attached hydrogens (tertiary/aromatic N) is 2. The average Bonchev–Trinajstić information content (AvgIpc) is 2.35. The molecule has 92 valence electrons. The van der Waals surface area contributed by atoms with Gasteiger partial charge >= 0.3 is 5.97 Å². The third-order valence-corrected chi connectivity index (χ3v) is 2.88. The van der Waals surface area contributed by atoms with Crippen molar-refractivity contribution in [1.29, 1.82) is 0 Å². The first kappa shape index (κ1) is 11.9. The number of carboxylic acids is 1. The van der Waals surface area contributed by atoms with Crippen LogP contribution in [0.2, 0.25) is 0 Å². The Hall–Kier alpha value is -1.53. The van der Waals surface area contributed by atoms with Gasteiger partial charge in [-0.25, -0.2) is 9.97 Å². The molecule has 0 fully saturated rings. The molecule has 6 nitrogen and oxygen atoms in total. The lowest BCUT2D eigenvalue weighted by Crippen LogP contribution is -2.22. The molecule has 0 saturated heterocycles. The van der Waals surface area contributed by atoms with Gasteiger partial charge < -0.3 is 15.6 Å². The molecule has 0 bridgehead atoms. The first-order valence-electron chi connectivity index (χ1n) is 5.57. The van der Waals surface area contributed by atoms with Gasteiger partial charge in [0.25, 0.3) is 0 Å². The molecular weight excluding hydrogens is 222 g/mol. The summed E-state index contributed by atoms with van der Waals surface area (Å²) in [5, 5.41) is 9.20. The Bertz CT molecular complexity index is 422. The molecule has 1 aliphatic rings. The SMILES string of the molecule is NCCC(C(=O)O)c1ncnc2c1COCC2. The molecule has 2 heterocycles. The molecule has 17 heavy (non-hydrogen) atoms. The summed E-state index contributed by atoms with van der Waals surface area (Å²) in [5.74, 6) is -1.57. The Kier molecular flexibility index (Phi) is 3.65. The van der Waals surface area contributed by atoms with Crippen LogP contribution in [0.4, 0.5) is 0 Å². The van der Waals surface area contributed by atoms with E-state index in [1.807, 2.05) is 0 Å². The van der Waals surface area contributed by atoms with Crippen molar-refractivity contribution in [2.45, 2.75) is 25.4 Å². The maximum Gasteiger partial charge on any atom is 0.312 e. The molecule has 0 saturated carbocycles. The number of fused-ring (bicyclic) bond motifs is 1. The second kappa shape index (κ2) is 5.20. The maximum atomic E-state index is 11.2. The van der Waals surface area contributed by atoms with Gasteiger partial charge in [-0.2, -0.15) is 0 Å². The van der Waals surface area contributed by atoms with Crippen molar-refractivity contribution in [3.05, 3.63) is 23.3 Å². The van der Waals surface area contributed by atoms with Crippen LogP contribution in [0.5, 0.6) is 0 Å². The van der Waals surface area contributed by atoms with E-state index in [4.69, 9.17) is 10.5 Å². The fourth-order valence-electron chi connectivity index (χ4n) is 2.02. The fourth-order valence-corrected chi connectivity index (χ4v) is 2.02. The highest BCUT2D eigenvalue weighted by atomic mass is 16.5. The van der Waals surface area contributed by atoms with Crippen molar-refractivity contribution >= 4 is 5.97 Å². The lowest BCUT2D eigenvalue weighted by molar-refractivity contribution is -0.139. The molecule has 1 aromatic heterocycles. The smallest absolute Gasteiger partial charge is 0.312 e. The highest BCUT2D eigenvalue weighted by Gasteiger charge is 2.26. The van der Waals surface area contributed by atoms with Crippen molar-refractivity contribution in [3.8, 4) is 0 Å². The fraction of sp³-hybridized carbons (Fsp3) is 0.545. The molecule has 1 aromatic rings. The Morgan fingerprint density at radius 3 is 3.12 bits per heavy atom. The lowest BCUT2D eigenvalue weighted by Gasteiger charge is -2.20. The van der Waals surface area contributed by atoms with E-state index < -0.39 is 11.9 Å². The second-order valence-corrected chi connectivity index (χ2v) is 3.95. The highest BCUT2D eigenvalue weighted by molar-refractivity contribution is 5.76. The second-order valence-electron chi connectivity index (χ2n) is 3.95. The zero-order valence-electron chi connectivity index (χ0n) is 9.43. The normalized spacial score (nSPS) is 16.3. The third-order valence-electron chi connectivity index (χ3n) is 2.88. The molecule has 0 amide bonds. The van der Waals surface area contributed by atoms with Crippen LogP contribution in [0.3, 0.4) is 0 Å². The van der Waals surface area contributed by atoms with E-state index in [1.165, 1.54) is 6.33 Å². The van der Waals surface area contributed by atoms with Gasteiger partial charge in [0, 0.05) is 12.0 Å². The van der Waals surface area contributed by atoms with Gasteiger partial charge in [-0.3, -0.25) is 4.79 Å². The zero-order valence-corrected chi connectivity index (χ0v) is 9.43. The average molecular weight is 237 g/mol. The summed E-state index contributed by atoms with van der Waals surface area (Å²) in [5.41, 5.74) is 7.70. The van der Waals surface area contributed by atoms with Crippen molar-refractivity contribution in [1.82, 2.24) is 9.97 Å². The van der Waals surface area contributed by atoms with E-state index in [-0.39, 0.29) is 0 Å². The van der Waals surface area contributed by atoms with Crippen LogP contribution >= 0.6 is 0 Å². The molecule has 0 aromatic carbocycles. The molecule has 0 spiro atoms. The molecule has 3 N–H and O–H groups in total. The summed E-state index contributed by atoms with van der Waals surface area (Å²) < 4.78 is 5.34. The summed E-state index contributed by atoms with van der Waals surface area (Å²) >= 11 is 0. The van der Waals surface area contributed by atoms with E-state index in [1.54, 1.807) is 0 Å². The van der Waals surface area contributed by atoms with Crippen LogP contribution in [-0.2, 0) is 22.6 Å². The zero-order chi connectivity index (χ0) is 12.3. The number of carbonyl (C=O) groups is 1. The summed E-state index contributed by atoms with van der Waals surface area (Å²) in [7, 11) is 0. The van der Waals surface area contributed by atoms with E-state index in [2.05, 4.69) is 9.97 Å². The molecule has 1 atom stereocenters. The minimum atomic E-state index is -0.901. The highest BCUT2D eigenvalue weighted by Crippen LogP contribution is 2.25. The quantitative estimate of drug-likeness (QED) is 0.768. The molecule has 6 heteroatoms. The maximum absolute atomic E-state index is 11.2. The van der Waals surface area contributed by atoms with Gasteiger partial charge in [0.1, 0.15) is 12.2 Å². The summed E-state index contributed by atoms with van der Waals surface area (Å²) in [6.07, 6.45) is 2.50. The number of aromatic nitrogens is 2. The summed E-state index contributed by atoms with van der Waals surface area (Å²) in [6.45, 7) is 1.33. The van der Waals surface area contributed by atoms with Gasteiger partial charge in [0.15, 0.2) is 0 Å². The predicted molar refractivity (Wildman–Crippen MR) is 59.4 cm³/mol. The Morgan fingerprint density at radius 2 is 2.41 bits per heavy atom. The number of hydrogen-bond acceptors (Lipinski definition) is 5. The molecule has 0 aliphatic carbocycles. The standard InChI is InChI=1S/C11H15N3O3/c12-3-1-7(11(15)16)10-8-5-17-4-2-9(8)13-6-14-10/h6-7H,1-5,12H2,(H,15,16). The minimum Gasteiger partial charge on any atom is -0.481 e. The topological polar surface area (TPSA) is 98.3 Å². The first-order chi connectivity index (χ1) is 8.24. The van der Waals surface area contributed by atoms with E-state index in [9.17, 15) is 9.90 Å². The van der Waals surface area contributed by atoms with Crippen LogP contribution < -0.4 is 5.73 Å². The Labute approximate surface area is 98.8 Å². The van der Waals surface area contributed by atoms with Gasteiger partial charge in [-0.15, -0.1) is 0 Å². The van der Waals surface area contributed by atoms with E-state index in [0.717, 1.165) is 11.3 Å². The Morgan fingerprint density at radius 1 is 1.59 bits per heavy atom. The van der Waals surface area contributed by atoms with Crippen LogP contribution in [0.15, 0.2) is 6.33 Å². The summed E-state index contributed by atoms with van der Waals surface area (Å²) in [4.78, 5) is 19.5. The number of aliphatic carboxylic acids is 1. The van der Waals surface area contributed by atoms with E-state index >= 15 is 0 Å². The molecule has 1 unspecified atom stereocenters.